The number of amides is 1. The van der Waals surface area contributed by atoms with Crippen LogP contribution in [0.2, 0.25) is 20.1 Å². The maximum atomic E-state index is 12.3. The number of ether oxygens (including phenoxy) is 1. The van der Waals surface area contributed by atoms with E-state index in [1.165, 1.54) is 10.7 Å². The average molecular weight is 431 g/mol. The molecule has 0 radical (unpaired) electrons. The van der Waals surface area contributed by atoms with Crippen molar-refractivity contribution in [1.29, 1.82) is 0 Å². The lowest BCUT2D eigenvalue weighted by molar-refractivity contribution is 0.102. The Morgan fingerprint density at radius 1 is 0.962 bits per heavy atom. The van der Waals surface area contributed by atoms with Crippen molar-refractivity contribution < 1.29 is 9.53 Å². The number of halogens is 4. The molecular formula is C17H11Cl4N3O2. The first-order chi connectivity index (χ1) is 12.5. The van der Waals surface area contributed by atoms with Crippen LogP contribution in [0.1, 0.15) is 10.5 Å². The second kappa shape index (κ2) is 8.18. The average Bonchev–Trinajstić information content (AvgIpc) is 3.07. The summed E-state index contributed by atoms with van der Waals surface area (Å²) < 4.78 is 7.00. The van der Waals surface area contributed by atoms with Crippen molar-refractivity contribution in [2.24, 2.45) is 0 Å². The van der Waals surface area contributed by atoms with Crippen molar-refractivity contribution >= 4 is 58.0 Å². The number of hydrogen-bond donors (Lipinski definition) is 1. The first-order valence-corrected chi connectivity index (χ1v) is 8.82. The summed E-state index contributed by atoms with van der Waals surface area (Å²) in [6.45, 7) is 0.0313. The smallest absolute Gasteiger partial charge is 0.276 e. The van der Waals surface area contributed by atoms with E-state index in [4.69, 9.17) is 51.1 Å². The van der Waals surface area contributed by atoms with Gasteiger partial charge in [-0.05, 0) is 30.3 Å². The van der Waals surface area contributed by atoms with Crippen LogP contribution in [0.4, 0.5) is 5.69 Å². The molecule has 0 bridgehead atoms. The first kappa shape index (κ1) is 18.9. The van der Waals surface area contributed by atoms with E-state index in [1.54, 1.807) is 42.6 Å². The number of aromatic nitrogens is 2. The standard InChI is InChI=1S/C17H11Cl4N3O2/c18-10-3-1-4-11(19)15(10)22-17(25)14-7-8-24(23-14)9-26-16-12(20)5-2-6-13(16)21/h1-8H,9H2,(H,22,25). The summed E-state index contributed by atoms with van der Waals surface area (Å²) >= 11 is 24.2. The maximum absolute atomic E-state index is 12.3. The highest BCUT2D eigenvalue weighted by Crippen LogP contribution is 2.32. The molecule has 26 heavy (non-hydrogen) atoms. The Bertz CT molecular complexity index is 918. The van der Waals surface area contributed by atoms with Gasteiger partial charge in [-0.25, -0.2) is 4.68 Å². The third-order valence-electron chi connectivity index (χ3n) is 3.33. The molecule has 134 valence electrons. The fraction of sp³-hybridized carbons (Fsp3) is 0.0588. The molecule has 3 aromatic rings. The molecule has 0 saturated heterocycles. The van der Waals surface area contributed by atoms with Crippen LogP contribution in [0.5, 0.6) is 5.75 Å². The largest absolute Gasteiger partial charge is 0.468 e. The molecule has 9 heteroatoms. The fourth-order valence-electron chi connectivity index (χ4n) is 2.10. The summed E-state index contributed by atoms with van der Waals surface area (Å²) in [5.41, 5.74) is 0.504. The molecule has 1 N–H and O–H groups in total. The molecule has 0 aliphatic heterocycles. The number of anilines is 1. The van der Waals surface area contributed by atoms with E-state index in [0.29, 0.717) is 31.5 Å². The quantitative estimate of drug-likeness (QED) is 0.557. The number of benzene rings is 2. The molecule has 1 heterocycles. The molecule has 5 nitrogen and oxygen atoms in total. The molecule has 0 saturated carbocycles. The van der Waals surface area contributed by atoms with Crippen molar-refractivity contribution in [3.05, 3.63) is 74.4 Å². The molecule has 0 aliphatic carbocycles. The molecule has 0 aliphatic rings. The van der Waals surface area contributed by atoms with Crippen LogP contribution >= 0.6 is 46.4 Å². The highest BCUT2D eigenvalue weighted by atomic mass is 35.5. The van der Waals surface area contributed by atoms with Gasteiger partial charge in [-0.2, -0.15) is 5.10 Å². The lowest BCUT2D eigenvalue weighted by Gasteiger charge is -2.09. The topological polar surface area (TPSA) is 56.2 Å². The Labute approximate surface area is 169 Å². The zero-order chi connectivity index (χ0) is 18.7. The molecule has 0 atom stereocenters. The van der Waals surface area contributed by atoms with Gasteiger partial charge < -0.3 is 10.1 Å². The summed E-state index contributed by atoms with van der Waals surface area (Å²) in [4.78, 5) is 12.3. The predicted molar refractivity (Wildman–Crippen MR) is 104 cm³/mol. The van der Waals surface area contributed by atoms with Gasteiger partial charge in [-0.3, -0.25) is 4.79 Å². The van der Waals surface area contributed by atoms with Crippen molar-refractivity contribution in [3.63, 3.8) is 0 Å². The zero-order valence-corrected chi connectivity index (χ0v) is 16.1. The van der Waals surface area contributed by atoms with Gasteiger partial charge in [0, 0.05) is 6.20 Å². The van der Waals surface area contributed by atoms with E-state index in [2.05, 4.69) is 10.4 Å². The Hall–Kier alpha value is -1.92. The molecular weight excluding hydrogens is 420 g/mol. The fourth-order valence-corrected chi connectivity index (χ4v) is 3.10. The minimum atomic E-state index is -0.450. The highest BCUT2D eigenvalue weighted by Gasteiger charge is 2.14. The number of carbonyl (C=O) groups excluding carboxylic acids is 1. The van der Waals surface area contributed by atoms with Crippen LogP contribution in [0, 0.1) is 0 Å². The van der Waals surface area contributed by atoms with Crippen LogP contribution in [0.15, 0.2) is 48.7 Å². The third kappa shape index (κ3) is 4.24. The number of para-hydroxylation sites is 2. The Morgan fingerprint density at radius 3 is 2.15 bits per heavy atom. The normalized spacial score (nSPS) is 10.6. The summed E-state index contributed by atoms with van der Waals surface area (Å²) in [5, 5.41) is 8.23. The van der Waals surface area contributed by atoms with Gasteiger partial charge in [0.25, 0.3) is 5.91 Å². The van der Waals surface area contributed by atoms with E-state index in [9.17, 15) is 4.79 Å². The number of carbonyl (C=O) groups is 1. The number of hydrogen-bond acceptors (Lipinski definition) is 3. The van der Waals surface area contributed by atoms with E-state index >= 15 is 0 Å². The van der Waals surface area contributed by atoms with E-state index in [1.807, 2.05) is 0 Å². The molecule has 3 rings (SSSR count). The number of nitrogens with zero attached hydrogens (tertiary/aromatic N) is 2. The van der Waals surface area contributed by atoms with Gasteiger partial charge >= 0.3 is 0 Å². The summed E-state index contributed by atoms with van der Waals surface area (Å²) in [6, 6.07) is 11.5. The van der Waals surface area contributed by atoms with E-state index < -0.39 is 5.91 Å². The van der Waals surface area contributed by atoms with Crippen molar-refractivity contribution in [1.82, 2.24) is 9.78 Å². The van der Waals surface area contributed by atoms with Crippen LogP contribution in [0.3, 0.4) is 0 Å². The van der Waals surface area contributed by atoms with Crippen molar-refractivity contribution in [3.8, 4) is 5.75 Å². The molecule has 0 spiro atoms. The van der Waals surface area contributed by atoms with Gasteiger partial charge in [0.1, 0.15) is 0 Å². The maximum Gasteiger partial charge on any atom is 0.276 e. The van der Waals surface area contributed by atoms with Crippen LogP contribution < -0.4 is 10.1 Å². The van der Waals surface area contributed by atoms with Gasteiger partial charge in [-0.15, -0.1) is 0 Å². The molecule has 2 aromatic carbocycles. The summed E-state index contributed by atoms with van der Waals surface area (Å²) in [6.07, 6.45) is 1.59. The van der Waals surface area contributed by atoms with E-state index in [-0.39, 0.29) is 12.4 Å². The summed E-state index contributed by atoms with van der Waals surface area (Å²) in [5.74, 6) is -0.102. The van der Waals surface area contributed by atoms with Crippen molar-refractivity contribution in [2.75, 3.05) is 5.32 Å². The van der Waals surface area contributed by atoms with E-state index in [0.717, 1.165) is 0 Å². The zero-order valence-electron chi connectivity index (χ0n) is 13.0. The van der Waals surface area contributed by atoms with Crippen LogP contribution in [-0.4, -0.2) is 15.7 Å². The van der Waals surface area contributed by atoms with Gasteiger partial charge in [-0.1, -0.05) is 58.5 Å². The summed E-state index contributed by atoms with van der Waals surface area (Å²) in [7, 11) is 0. The Morgan fingerprint density at radius 2 is 1.54 bits per heavy atom. The van der Waals surface area contributed by atoms with Gasteiger partial charge in [0.05, 0.1) is 25.8 Å². The number of nitrogens with one attached hydrogen (secondary N) is 1. The van der Waals surface area contributed by atoms with Crippen LogP contribution in [0.25, 0.3) is 0 Å². The van der Waals surface area contributed by atoms with Crippen molar-refractivity contribution in [2.45, 2.75) is 6.73 Å². The van der Waals surface area contributed by atoms with Gasteiger partial charge in [0.2, 0.25) is 0 Å². The monoisotopic (exact) mass is 429 g/mol. The van der Waals surface area contributed by atoms with Crippen LogP contribution in [-0.2, 0) is 6.73 Å². The minimum absolute atomic E-state index is 0.0313. The molecule has 1 amide bonds. The lowest BCUT2D eigenvalue weighted by atomic mass is 10.3. The molecule has 1 aromatic heterocycles. The molecule has 0 unspecified atom stereocenters. The second-order valence-electron chi connectivity index (χ2n) is 5.12. The lowest BCUT2D eigenvalue weighted by Crippen LogP contribution is -2.15. The Balaban J connectivity index is 1.69. The predicted octanol–water partition coefficient (Wildman–Crippen LogP) is 5.79. The van der Waals surface area contributed by atoms with Gasteiger partial charge in [0.15, 0.2) is 18.2 Å². The Kier molecular flexibility index (Phi) is 5.94. The highest BCUT2D eigenvalue weighted by molar-refractivity contribution is 6.40. The molecule has 0 fully saturated rings. The second-order valence-corrected chi connectivity index (χ2v) is 6.74. The minimum Gasteiger partial charge on any atom is -0.468 e. The first-order valence-electron chi connectivity index (χ1n) is 7.31. The number of rotatable bonds is 5. The third-order valence-corrected chi connectivity index (χ3v) is 4.56. The SMILES string of the molecule is O=C(Nc1c(Cl)cccc1Cl)c1ccn(COc2c(Cl)cccc2Cl)n1.